The summed E-state index contributed by atoms with van der Waals surface area (Å²) in [6.45, 7) is 1.99. The molecule has 0 radical (unpaired) electrons. The van der Waals surface area contributed by atoms with Crippen LogP contribution in [0.25, 0.3) is 5.69 Å². The van der Waals surface area contributed by atoms with Gasteiger partial charge in [-0.1, -0.05) is 16.8 Å². The van der Waals surface area contributed by atoms with E-state index in [0.29, 0.717) is 5.02 Å². The first-order valence-corrected chi connectivity index (χ1v) is 7.80. The zero-order valence-corrected chi connectivity index (χ0v) is 13.0. The standard InChI is InChI=1S/C15H13ClN4S/c1-11-8-15(6-7-17-11)21-10-13-9-20(19-18-13)14-4-2-12(16)3-5-14/h2-9H,10H2,1H3. The maximum absolute atomic E-state index is 5.88. The second kappa shape index (κ2) is 6.28. The summed E-state index contributed by atoms with van der Waals surface area (Å²) in [6.07, 6.45) is 3.76. The van der Waals surface area contributed by atoms with Crippen molar-refractivity contribution >= 4 is 23.4 Å². The molecule has 2 aromatic heterocycles. The van der Waals surface area contributed by atoms with E-state index in [1.165, 1.54) is 4.90 Å². The number of halogens is 1. The second-order valence-corrected chi connectivity index (χ2v) is 6.04. The van der Waals surface area contributed by atoms with Gasteiger partial charge in [0.25, 0.3) is 0 Å². The van der Waals surface area contributed by atoms with Crippen LogP contribution in [0.4, 0.5) is 0 Å². The lowest BCUT2D eigenvalue weighted by molar-refractivity contribution is 0.800. The number of pyridine rings is 1. The van der Waals surface area contributed by atoms with Crippen molar-refractivity contribution in [1.82, 2.24) is 20.0 Å². The molecule has 0 spiro atoms. The van der Waals surface area contributed by atoms with Gasteiger partial charge in [-0.3, -0.25) is 4.98 Å². The summed E-state index contributed by atoms with van der Waals surface area (Å²) >= 11 is 7.60. The third-order valence-corrected chi connectivity index (χ3v) is 4.17. The van der Waals surface area contributed by atoms with Gasteiger partial charge in [0.05, 0.1) is 17.6 Å². The van der Waals surface area contributed by atoms with Gasteiger partial charge in [0.1, 0.15) is 0 Å². The summed E-state index contributed by atoms with van der Waals surface area (Å²) in [5.41, 5.74) is 2.90. The minimum Gasteiger partial charge on any atom is -0.262 e. The average Bonchev–Trinajstić information content (AvgIpc) is 2.95. The molecule has 4 nitrogen and oxygen atoms in total. The molecule has 0 amide bonds. The molecule has 2 heterocycles. The number of nitrogens with zero attached hydrogens (tertiary/aromatic N) is 4. The van der Waals surface area contributed by atoms with E-state index in [1.807, 2.05) is 49.6 Å². The minimum absolute atomic E-state index is 0.711. The maximum Gasteiger partial charge on any atom is 0.0934 e. The zero-order chi connectivity index (χ0) is 14.7. The number of thioether (sulfide) groups is 1. The first-order chi connectivity index (χ1) is 10.2. The Kier molecular flexibility index (Phi) is 4.22. The van der Waals surface area contributed by atoms with Crippen molar-refractivity contribution in [2.45, 2.75) is 17.6 Å². The summed E-state index contributed by atoms with van der Waals surface area (Å²) in [5, 5.41) is 9.05. The molecular weight excluding hydrogens is 304 g/mol. The van der Waals surface area contributed by atoms with E-state index in [2.05, 4.69) is 21.4 Å². The number of rotatable bonds is 4. The Labute approximate surface area is 132 Å². The van der Waals surface area contributed by atoms with Gasteiger partial charge in [0.2, 0.25) is 0 Å². The van der Waals surface area contributed by atoms with Crippen molar-refractivity contribution in [3.63, 3.8) is 0 Å². The smallest absolute Gasteiger partial charge is 0.0934 e. The molecule has 0 N–H and O–H groups in total. The van der Waals surface area contributed by atoms with Crippen LogP contribution in [0, 0.1) is 6.92 Å². The highest BCUT2D eigenvalue weighted by atomic mass is 35.5. The average molecular weight is 317 g/mol. The Morgan fingerprint density at radius 3 is 2.76 bits per heavy atom. The molecule has 0 fully saturated rings. The fourth-order valence-electron chi connectivity index (χ4n) is 1.85. The van der Waals surface area contributed by atoms with Crippen molar-refractivity contribution < 1.29 is 0 Å². The Morgan fingerprint density at radius 2 is 2.00 bits per heavy atom. The van der Waals surface area contributed by atoms with E-state index in [-0.39, 0.29) is 0 Å². The zero-order valence-electron chi connectivity index (χ0n) is 11.4. The van der Waals surface area contributed by atoms with Crippen LogP contribution in [0.3, 0.4) is 0 Å². The van der Waals surface area contributed by atoms with E-state index < -0.39 is 0 Å². The number of benzene rings is 1. The monoisotopic (exact) mass is 316 g/mol. The van der Waals surface area contributed by atoms with Crippen LogP contribution in [0.1, 0.15) is 11.4 Å². The lowest BCUT2D eigenvalue weighted by Crippen LogP contribution is -1.93. The lowest BCUT2D eigenvalue weighted by Gasteiger charge is -2.00. The fourth-order valence-corrected chi connectivity index (χ4v) is 2.83. The fraction of sp³-hybridized carbons (Fsp3) is 0.133. The molecule has 3 aromatic rings. The molecule has 106 valence electrons. The van der Waals surface area contributed by atoms with E-state index in [0.717, 1.165) is 22.8 Å². The maximum atomic E-state index is 5.88. The SMILES string of the molecule is Cc1cc(SCc2cn(-c3ccc(Cl)cc3)nn2)ccn1. The summed E-state index contributed by atoms with van der Waals surface area (Å²) in [5.74, 6) is 0.775. The summed E-state index contributed by atoms with van der Waals surface area (Å²) in [7, 11) is 0. The van der Waals surface area contributed by atoms with Crippen molar-refractivity contribution in [1.29, 1.82) is 0 Å². The molecule has 3 rings (SSSR count). The van der Waals surface area contributed by atoms with Gasteiger partial charge >= 0.3 is 0 Å². The summed E-state index contributed by atoms with van der Waals surface area (Å²) in [6, 6.07) is 11.6. The molecule has 0 atom stereocenters. The van der Waals surface area contributed by atoms with Crippen LogP contribution < -0.4 is 0 Å². The second-order valence-electron chi connectivity index (χ2n) is 4.55. The molecule has 0 unspecified atom stereocenters. The quantitative estimate of drug-likeness (QED) is 0.684. The highest BCUT2D eigenvalue weighted by Gasteiger charge is 2.04. The molecule has 0 aliphatic heterocycles. The highest BCUT2D eigenvalue weighted by molar-refractivity contribution is 7.98. The number of hydrogen-bond acceptors (Lipinski definition) is 4. The topological polar surface area (TPSA) is 43.6 Å². The highest BCUT2D eigenvalue weighted by Crippen LogP contribution is 2.22. The van der Waals surface area contributed by atoms with Gasteiger partial charge in [-0.15, -0.1) is 16.9 Å². The number of aromatic nitrogens is 4. The molecule has 6 heteroatoms. The van der Waals surface area contributed by atoms with Gasteiger partial charge in [0, 0.05) is 27.6 Å². The normalized spacial score (nSPS) is 10.8. The molecule has 0 saturated heterocycles. The van der Waals surface area contributed by atoms with Gasteiger partial charge in [-0.25, -0.2) is 4.68 Å². The van der Waals surface area contributed by atoms with E-state index in [4.69, 9.17) is 11.6 Å². The van der Waals surface area contributed by atoms with Crippen LogP contribution >= 0.6 is 23.4 Å². The van der Waals surface area contributed by atoms with Gasteiger partial charge in [0.15, 0.2) is 0 Å². The van der Waals surface area contributed by atoms with Crippen molar-refractivity contribution in [2.75, 3.05) is 0 Å². The molecule has 0 aliphatic rings. The van der Waals surface area contributed by atoms with Gasteiger partial charge in [-0.2, -0.15) is 0 Å². The molecule has 1 aromatic carbocycles. The predicted molar refractivity (Wildman–Crippen MR) is 84.9 cm³/mol. The van der Waals surface area contributed by atoms with Gasteiger partial charge in [-0.05, 0) is 43.3 Å². The van der Waals surface area contributed by atoms with Crippen molar-refractivity contribution in [3.05, 3.63) is 65.2 Å². The van der Waals surface area contributed by atoms with E-state index in [1.54, 1.807) is 16.4 Å². The van der Waals surface area contributed by atoms with Crippen molar-refractivity contribution in [3.8, 4) is 5.69 Å². The summed E-state index contributed by atoms with van der Waals surface area (Å²) in [4.78, 5) is 5.37. The molecule has 0 aliphatic carbocycles. The largest absolute Gasteiger partial charge is 0.262 e. The van der Waals surface area contributed by atoms with Crippen LogP contribution in [0.15, 0.2) is 53.7 Å². The number of hydrogen-bond donors (Lipinski definition) is 0. The Hall–Kier alpha value is -1.85. The van der Waals surface area contributed by atoms with Crippen LogP contribution in [-0.4, -0.2) is 20.0 Å². The number of aryl methyl sites for hydroxylation is 1. The first-order valence-electron chi connectivity index (χ1n) is 6.43. The molecular formula is C15H13ClN4S. The minimum atomic E-state index is 0.711. The summed E-state index contributed by atoms with van der Waals surface area (Å²) < 4.78 is 1.75. The molecule has 21 heavy (non-hydrogen) atoms. The third kappa shape index (κ3) is 3.62. The van der Waals surface area contributed by atoms with Crippen LogP contribution in [0.5, 0.6) is 0 Å². The third-order valence-electron chi connectivity index (χ3n) is 2.89. The van der Waals surface area contributed by atoms with Crippen LogP contribution in [-0.2, 0) is 5.75 Å². The van der Waals surface area contributed by atoms with E-state index >= 15 is 0 Å². The van der Waals surface area contributed by atoms with Crippen molar-refractivity contribution in [2.24, 2.45) is 0 Å². The Morgan fingerprint density at radius 1 is 1.19 bits per heavy atom. The predicted octanol–water partition coefficient (Wildman–Crippen LogP) is 3.92. The molecule has 0 saturated carbocycles. The Bertz CT molecular complexity index is 739. The van der Waals surface area contributed by atoms with E-state index in [9.17, 15) is 0 Å². The Balaban J connectivity index is 1.69. The lowest BCUT2D eigenvalue weighted by atomic mass is 10.3. The van der Waals surface area contributed by atoms with Crippen LogP contribution in [0.2, 0.25) is 5.02 Å². The molecule has 0 bridgehead atoms. The van der Waals surface area contributed by atoms with Gasteiger partial charge < -0.3 is 0 Å². The first kappa shape index (κ1) is 14.1.